The summed E-state index contributed by atoms with van der Waals surface area (Å²) in [6.45, 7) is 7.86. The Morgan fingerprint density at radius 2 is 1.75 bits per heavy atom. The summed E-state index contributed by atoms with van der Waals surface area (Å²) in [5, 5.41) is 11.5. The van der Waals surface area contributed by atoms with Gasteiger partial charge in [-0.25, -0.2) is 5.11 Å². The Bertz CT molecular complexity index is 102. The Labute approximate surface area is 77.2 Å². The number of rotatable bonds is 6. The summed E-state index contributed by atoms with van der Waals surface area (Å²) in [7, 11) is 0. The molecule has 1 heteroatoms. The van der Waals surface area contributed by atoms with Crippen LogP contribution in [-0.2, 0) is 5.11 Å². The minimum Gasteiger partial charge on any atom is -0.230 e. The van der Waals surface area contributed by atoms with E-state index in [4.69, 9.17) is 0 Å². The van der Waals surface area contributed by atoms with Crippen LogP contribution in [0.25, 0.3) is 0 Å². The average molecular weight is 171 g/mol. The Morgan fingerprint density at radius 3 is 2.17 bits per heavy atom. The second-order valence-electron chi connectivity index (χ2n) is 4.35. The summed E-state index contributed by atoms with van der Waals surface area (Å²) in [5.41, 5.74) is -0.744. The van der Waals surface area contributed by atoms with Gasteiger partial charge in [0.2, 0.25) is 0 Å². The van der Waals surface area contributed by atoms with E-state index in [1.807, 2.05) is 0 Å². The molecular weight excluding hydrogens is 148 g/mol. The molecule has 0 rings (SSSR count). The van der Waals surface area contributed by atoms with E-state index >= 15 is 0 Å². The zero-order valence-electron chi connectivity index (χ0n) is 9.02. The molecular formula is C11H23O. The predicted molar refractivity (Wildman–Crippen MR) is 52.7 cm³/mol. The molecule has 0 aliphatic rings. The molecule has 73 valence electrons. The van der Waals surface area contributed by atoms with Crippen molar-refractivity contribution in [3.63, 3.8) is 0 Å². The van der Waals surface area contributed by atoms with E-state index in [-0.39, 0.29) is 0 Å². The highest BCUT2D eigenvalue weighted by molar-refractivity contribution is 4.72. The lowest BCUT2D eigenvalue weighted by Crippen LogP contribution is -2.26. The van der Waals surface area contributed by atoms with E-state index in [0.717, 1.165) is 6.42 Å². The molecule has 0 N–H and O–H groups in total. The zero-order valence-corrected chi connectivity index (χ0v) is 9.02. The molecule has 1 atom stereocenters. The fourth-order valence-corrected chi connectivity index (χ4v) is 1.22. The third-order valence-electron chi connectivity index (χ3n) is 2.68. The highest BCUT2D eigenvalue weighted by atomic mass is 16.3. The van der Waals surface area contributed by atoms with Gasteiger partial charge in [-0.3, -0.25) is 0 Å². The van der Waals surface area contributed by atoms with Crippen LogP contribution in [0.15, 0.2) is 0 Å². The summed E-state index contributed by atoms with van der Waals surface area (Å²) in [6, 6.07) is 0. The first-order valence-electron chi connectivity index (χ1n) is 5.19. The number of hydrogen-bond acceptors (Lipinski definition) is 0. The molecule has 0 fully saturated rings. The maximum Gasteiger partial charge on any atom is 0.101 e. The van der Waals surface area contributed by atoms with Crippen LogP contribution in [0.2, 0.25) is 0 Å². The molecule has 12 heavy (non-hydrogen) atoms. The quantitative estimate of drug-likeness (QED) is 0.542. The first-order chi connectivity index (χ1) is 5.48. The smallest absolute Gasteiger partial charge is 0.101 e. The van der Waals surface area contributed by atoms with Crippen molar-refractivity contribution in [2.24, 2.45) is 5.92 Å². The van der Waals surface area contributed by atoms with Crippen molar-refractivity contribution in [2.45, 2.75) is 65.4 Å². The van der Waals surface area contributed by atoms with Crippen molar-refractivity contribution < 1.29 is 5.11 Å². The van der Waals surface area contributed by atoms with Crippen molar-refractivity contribution in [2.75, 3.05) is 0 Å². The molecule has 0 spiro atoms. The monoisotopic (exact) mass is 171 g/mol. The van der Waals surface area contributed by atoms with Gasteiger partial charge in [-0.1, -0.05) is 39.5 Å². The van der Waals surface area contributed by atoms with Gasteiger partial charge in [-0.05, 0) is 26.2 Å². The maximum atomic E-state index is 11.5. The lowest BCUT2D eigenvalue weighted by atomic mass is 9.88. The summed E-state index contributed by atoms with van der Waals surface area (Å²) in [4.78, 5) is 0. The normalized spacial score (nSPS) is 14.8. The van der Waals surface area contributed by atoms with Gasteiger partial charge in [0.25, 0.3) is 0 Å². The molecule has 0 aliphatic carbocycles. The molecule has 1 nitrogen and oxygen atoms in total. The van der Waals surface area contributed by atoms with Crippen molar-refractivity contribution in [3.8, 4) is 0 Å². The van der Waals surface area contributed by atoms with Crippen molar-refractivity contribution in [1.29, 1.82) is 0 Å². The summed E-state index contributed by atoms with van der Waals surface area (Å²) in [5.74, 6) is 0.314. The van der Waals surface area contributed by atoms with Crippen LogP contribution in [0.5, 0.6) is 0 Å². The van der Waals surface area contributed by atoms with E-state index in [9.17, 15) is 5.11 Å². The summed E-state index contributed by atoms with van der Waals surface area (Å²) in [6.07, 6.45) is 6.19. The van der Waals surface area contributed by atoms with Crippen molar-refractivity contribution >= 4 is 0 Å². The highest BCUT2D eigenvalue weighted by Gasteiger charge is 2.23. The first kappa shape index (κ1) is 12.0. The lowest BCUT2D eigenvalue weighted by molar-refractivity contribution is -0.0440. The molecule has 1 unspecified atom stereocenters. The molecule has 0 saturated heterocycles. The molecule has 0 aromatic carbocycles. The first-order valence-corrected chi connectivity index (χ1v) is 5.19. The Morgan fingerprint density at radius 1 is 1.17 bits per heavy atom. The predicted octanol–water partition coefficient (Wildman–Crippen LogP) is 3.80. The van der Waals surface area contributed by atoms with E-state index in [2.05, 4.69) is 13.8 Å². The van der Waals surface area contributed by atoms with Gasteiger partial charge in [0.15, 0.2) is 0 Å². The third kappa shape index (κ3) is 5.59. The average Bonchev–Trinajstić information content (AvgIpc) is 1.96. The SMILES string of the molecule is CCCCCCC(C)C(C)(C)[O]. The van der Waals surface area contributed by atoms with Gasteiger partial charge >= 0.3 is 0 Å². The minimum absolute atomic E-state index is 0.314. The molecule has 1 radical (unpaired) electrons. The second kappa shape index (κ2) is 5.58. The minimum atomic E-state index is -0.744. The van der Waals surface area contributed by atoms with Gasteiger partial charge in [0.1, 0.15) is 5.60 Å². The molecule has 0 aliphatic heterocycles. The Hall–Kier alpha value is -0.0400. The van der Waals surface area contributed by atoms with Gasteiger partial charge < -0.3 is 0 Å². The number of hydrogen-bond donors (Lipinski definition) is 0. The number of unbranched alkanes of at least 4 members (excludes halogenated alkanes) is 3. The highest BCUT2D eigenvalue weighted by Crippen LogP contribution is 2.22. The van der Waals surface area contributed by atoms with Crippen LogP contribution < -0.4 is 0 Å². The standard InChI is InChI=1S/C11H23O/c1-5-6-7-8-9-10(2)11(3,4)12/h10H,5-9H2,1-4H3. The topological polar surface area (TPSA) is 19.9 Å². The largest absolute Gasteiger partial charge is 0.230 e. The van der Waals surface area contributed by atoms with Gasteiger partial charge in [0.05, 0.1) is 0 Å². The molecule has 0 aromatic heterocycles. The van der Waals surface area contributed by atoms with Crippen LogP contribution in [0.4, 0.5) is 0 Å². The van der Waals surface area contributed by atoms with Gasteiger partial charge in [-0.2, -0.15) is 0 Å². The van der Waals surface area contributed by atoms with Crippen LogP contribution in [0.1, 0.15) is 59.8 Å². The van der Waals surface area contributed by atoms with E-state index < -0.39 is 5.60 Å². The van der Waals surface area contributed by atoms with Crippen LogP contribution in [0.3, 0.4) is 0 Å². The fourth-order valence-electron chi connectivity index (χ4n) is 1.22. The van der Waals surface area contributed by atoms with E-state index in [0.29, 0.717) is 5.92 Å². The lowest BCUT2D eigenvalue weighted by Gasteiger charge is -2.22. The second-order valence-corrected chi connectivity index (χ2v) is 4.35. The molecule has 0 aromatic rings. The third-order valence-corrected chi connectivity index (χ3v) is 2.68. The molecule has 0 heterocycles. The Kier molecular flexibility index (Phi) is 5.56. The van der Waals surface area contributed by atoms with Gasteiger partial charge in [-0.15, -0.1) is 0 Å². The molecule has 0 bridgehead atoms. The summed E-state index contributed by atoms with van der Waals surface area (Å²) < 4.78 is 0. The maximum absolute atomic E-state index is 11.5. The van der Waals surface area contributed by atoms with Gasteiger partial charge in [0, 0.05) is 0 Å². The zero-order chi connectivity index (χ0) is 9.61. The van der Waals surface area contributed by atoms with Crippen LogP contribution in [0, 0.1) is 5.92 Å². The van der Waals surface area contributed by atoms with E-state index in [1.165, 1.54) is 25.7 Å². The molecule has 0 amide bonds. The molecule has 0 saturated carbocycles. The fraction of sp³-hybridized carbons (Fsp3) is 1.00. The van der Waals surface area contributed by atoms with E-state index in [1.54, 1.807) is 13.8 Å². The summed E-state index contributed by atoms with van der Waals surface area (Å²) >= 11 is 0. The van der Waals surface area contributed by atoms with Crippen LogP contribution in [-0.4, -0.2) is 5.60 Å². The Balaban J connectivity index is 3.38. The van der Waals surface area contributed by atoms with Crippen molar-refractivity contribution in [1.82, 2.24) is 0 Å². The van der Waals surface area contributed by atoms with Crippen molar-refractivity contribution in [3.05, 3.63) is 0 Å². The van der Waals surface area contributed by atoms with Crippen LogP contribution >= 0.6 is 0 Å².